The minimum Gasteiger partial charge on any atom is -0.357 e. The molecule has 0 fully saturated rings. The zero-order chi connectivity index (χ0) is 17.5. The maximum Gasteiger partial charge on any atom is 0.434 e. The van der Waals surface area contributed by atoms with Crippen LogP contribution in [0.2, 0.25) is 0 Å². The summed E-state index contributed by atoms with van der Waals surface area (Å²) in [5.74, 6) is 0.356. The fourth-order valence-corrected chi connectivity index (χ4v) is 2.74. The van der Waals surface area contributed by atoms with Gasteiger partial charge in [0.25, 0.3) is 0 Å². The number of rotatable bonds is 7. The van der Waals surface area contributed by atoms with Crippen LogP contribution < -0.4 is 10.6 Å². The van der Waals surface area contributed by atoms with E-state index in [2.05, 4.69) is 20.6 Å². The molecule has 1 heterocycles. The van der Waals surface area contributed by atoms with Crippen LogP contribution in [0.3, 0.4) is 0 Å². The Kier molecular flexibility index (Phi) is 10.1. The van der Waals surface area contributed by atoms with Crippen molar-refractivity contribution in [3.63, 3.8) is 0 Å². The van der Waals surface area contributed by atoms with Gasteiger partial charge in [0.2, 0.25) is 0 Å². The Morgan fingerprint density at radius 1 is 1.38 bits per heavy atom. The van der Waals surface area contributed by atoms with Crippen molar-refractivity contribution in [3.8, 4) is 0 Å². The summed E-state index contributed by atoms with van der Waals surface area (Å²) in [4.78, 5) is 7.63. The van der Waals surface area contributed by atoms with Gasteiger partial charge in [-0.3, -0.25) is 4.99 Å². The second kappa shape index (κ2) is 10.4. The third-order valence-corrected chi connectivity index (χ3v) is 4.38. The van der Waals surface area contributed by atoms with Crippen LogP contribution in [0.15, 0.2) is 10.4 Å². The van der Waals surface area contributed by atoms with Gasteiger partial charge in [-0.25, -0.2) is 13.4 Å². The molecule has 0 aliphatic heterocycles. The lowest BCUT2D eigenvalue weighted by molar-refractivity contribution is -0.140. The molecule has 0 aliphatic carbocycles. The van der Waals surface area contributed by atoms with E-state index >= 15 is 0 Å². The number of alkyl halides is 3. The van der Waals surface area contributed by atoms with Gasteiger partial charge in [-0.05, 0) is 6.92 Å². The van der Waals surface area contributed by atoms with Gasteiger partial charge in [0.15, 0.2) is 11.7 Å². The first-order chi connectivity index (χ1) is 10.6. The predicted octanol–water partition coefficient (Wildman–Crippen LogP) is 1.92. The first kappa shape index (κ1) is 23.4. The fraction of sp³-hybridized carbons (Fsp3) is 0.667. The monoisotopic (exact) mass is 500 g/mol. The van der Waals surface area contributed by atoms with Crippen molar-refractivity contribution in [2.24, 2.45) is 4.99 Å². The zero-order valence-electron chi connectivity index (χ0n) is 13.2. The number of nitrogens with zero attached hydrogens (tertiary/aromatic N) is 2. The van der Waals surface area contributed by atoms with E-state index in [9.17, 15) is 21.6 Å². The van der Waals surface area contributed by atoms with Crippen LogP contribution >= 0.6 is 35.3 Å². The summed E-state index contributed by atoms with van der Waals surface area (Å²) in [6, 6.07) is 0. The molecule has 6 nitrogen and oxygen atoms in total. The minimum atomic E-state index is -4.43. The molecular formula is C12H20F3IN4O2S2. The molecule has 2 N–H and O–H groups in total. The Hall–Kier alpha value is -0.630. The number of aromatic nitrogens is 1. The van der Waals surface area contributed by atoms with Gasteiger partial charge < -0.3 is 10.6 Å². The number of guanidine groups is 1. The van der Waals surface area contributed by atoms with Crippen LogP contribution in [0.1, 0.15) is 17.6 Å². The SMILES string of the molecule is CCNC(=NCCS(C)(=O)=O)NCCc1nc(C(F)(F)F)cs1.I. The molecule has 0 radical (unpaired) electrons. The average Bonchev–Trinajstić information content (AvgIpc) is 2.86. The Morgan fingerprint density at radius 3 is 2.54 bits per heavy atom. The van der Waals surface area contributed by atoms with E-state index in [1.54, 1.807) is 0 Å². The molecule has 140 valence electrons. The summed E-state index contributed by atoms with van der Waals surface area (Å²) >= 11 is 0.952. The molecule has 0 spiro atoms. The number of nitrogens with one attached hydrogen (secondary N) is 2. The Labute approximate surface area is 160 Å². The Balaban J connectivity index is 0.00000529. The van der Waals surface area contributed by atoms with Crippen molar-refractivity contribution in [2.45, 2.75) is 19.5 Å². The molecule has 1 aromatic rings. The highest BCUT2D eigenvalue weighted by atomic mass is 127. The molecule has 0 amide bonds. The standard InChI is InChI=1S/C12H19F3N4O2S2.HI/c1-3-16-11(18-6-7-23(2,20)21)17-5-4-10-19-9(8-22-10)12(13,14)15;/h8H,3-7H2,1-2H3,(H2,16,17,18);1H. The number of hydrogen-bond acceptors (Lipinski definition) is 5. The van der Waals surface area contributed by atoms with Gasteiger partial charge in [-0.1, -0.05) is 0 Å². The number of aliphatic imine (C=N–C) groups is 1. The van der Waals surface area contributed by atoms with Gasteiger partial charge in [0.1, 0.15) is 9.84 Å². The van der Waals surface area contributed by atoms with Crippen molar-refractivity contribution >= 4 is 51.1 Å². The van der Waals surface area contributed by atoms with Crippen molar-refractivity contribution in [2.75, 3.05) is 31.6 Å². The van der Waals surface area contributed by atoms with Crippen LogP contribution in [-0.2, 0) is 22.4 Å². The van der Waals surface area contributed by atoms with Gasteiger partial charge in [0, 0.05) is 31.1 Å². The third kappa shape index (κ3) is 9.61. The van der Waals surface area contributed by atoms with E-state index in [4.69, 9.17) is 0 Å². The van der Waals surface area contributed by atoms with Crippen LogP contribution in [-0.4, -0.2) is 51.0 Å². The number of thiazole rings is 1. The van der Waals surface area contributed by atoms with Crippen molar-refractivity contribution in [1.82, 2.24) is 15.6 Å². The van der Waals surface area contributed by atoms with Gasteiger partial charge in [-0.15, -0.1) is 35.3 Å². The van der Waals surface area contributed by atoms with Crippen molar-refractivity contribution in [1.29, 1.82) is 0 Å². The average molecular weight is 500 g/mol. The maximum atomic E-state index is 12.4. The minimum absolute atomic E-state index is 0. The first-order valence-corrected chi connectivity index (χ1v) is 9.77. The molecule has 0 unspecified atom stereocenters. The molecule has 12 heteroatoms. The summed E-state index contributed by atoms with van der Waals surface area (Å²) in [5.41, 5.74) is -0.883. The molecule has 0 aliphatic rings. The van der Waals surface area contributed by atoms with E-state index in [1.807, 2.05) is 6.92 Å². The van der Waals surface area contributed by atoms with Crippen molar-refractivity contribution < 1.29 is 21.6 Å². The number of sulfone groups is 1. The van der Waals surface area contributed by atoms with Crippen molar-refractivity contribution in [3.05, 3.63) is 16.1 Å². The predicted molar refractivity (Wildman–Crippen MR) is 99.9 cm³/mol. The Bertz CT molecular complexity index is 632. The summed E-state index contributed by atoms with van der Waals surface area (Å²) in [5, 5.41) is 7.22. The summed E-state index contributed by atoms with van der Waals surface area (Å²) in [6.45, 7) is 2.89. The summed E-state index contributed by atoms with van der Waals surface area (Å²) < 4.78 is 59.4. The summed E-state index contributed by atoms with van der Waals surface area (Å²) in [6.07, 6.45) is -2.98. The van der Waals surface area contributed by atoms with Crippen LogP contribution in [0, 0.1) is 0 Å². The Morgan fingerprint density at radius 2 is 2.04 bits per heavy atom. The molecule has 0 saturated heterocycles. The number of halogens is 4. The molecule has 0 atom stereocenters. The van der Waals surface area contributed by atoms with E-state index in [0.29, 0.717) is 30.5 Å². The van der Waals surface area contributed by atoms with Crippen LogP contribution in [0.25, 0.3) is 0 Å². The molecule has 1 aromatic heterocycles. The first-order valence-electron chi connectivity index (χ1n) is 6.83. The highest BCUT2D eigenvalue weighted by Crippen LogP contribution is 2.29. The highest BCUT2D eigenvalue weighted by molar-refractivity contribution is 14.0. The van der Waals surface area contributed by atoms with E-state index in [0.717, 1.165) is 23.0 Å². The second-order valence-corrected chi connectivity index (χ2v) is 7.89. The third-order valence-electron chi connectivity index (χ3n) is 2.55. The summed E-state index contributed by atoms with van der Waals surface area (Å²) in [7, 11) is -3.09. The van der Waals surface area contributed by atoms with Crippen LogP contribution in [0.5, 0.6) is 0 Å². The highest BCUT2D eigenvalue weighted by Gasteiger charge is 2.33. The van der Waals surface area contributed by atoms with E-state index in [-0.39, 0.29) is 36.3 Å². The topological polar surface area (TPSA) is 83.5 Å². The normalized spacial score (nSPS) is 12.6. The van der Waals surface area contributed by atoms with Gasteiger partial charge in [0.05, 0.1) is 17.3 Å². The van der Waals surface area contributed by atoms with Gasteiger partial charge in [-0.2, -0.15) is 13.2 Å². The zero-order valence-corrected chi connectivity index (χ0v) is 17.1. The molecular weight excluding hydrogens is 480 g/mol. The maximum absolute atomic E-state index is 12.4. The lowest BCUT2D eigenvalue weighted by Gasteiger charge is -2.10. The second-order valence-electron chi connectivity index (χ2n) is 4.69. The van der Waals surface area contributed by atoms with Crippen LogP contribution in [0.4, 0.5) is 13.2 Å². The molecule has 0 saturated carbocycles. The van der Waals surface area contributed by atoms with Gasteiger partial charge >= 0.3 is 6.18 Å². The lowest BCUT2D eigenvalue weighted by Crippen LogP contribution is -2.38. The van der Waals surface area contributed by atoms with E-state index in [1.165, 1.54) is 0 Å². The fourth-order valence-electron chi connectivity index (χ4n) is 1.51. The molecule has 0 aromatic carbocycles. The van der Waals surface area contributed by atoms with E-state index < -0.39 is 21.7 Å². The molecule has 0 bridgehead atoms. The quantitative estimate of drug-likeness (QED) is 0.340. The largest absolute Gasteiger partial charge is 0.434 e. The molecule has 24 heavy (non-hydrogen) atoms. The lowest BCUT2D eigenvalue weighted by atomic mass is 10.4. The number of hydrogen-bond donors (Lipinski definition) is 2. The molecule has 1 rings (SSSR count). The smallest absolute Gasteiger partial charge is 0.357 e.